The zero-order valence-electron chi connectivity index (χ0n) is 2.34. The molecule has 0 aliphatic heterocycles. The molecule has 0 heterocycles. The maximum absolute atomic E-state index is 9.38. The van der Waals surface area contributed by atoms with Crippen LogP contribution in [-0.2, 0) is 3.02 Å². The summed E-state index contributed by atoms with van der Waals surface area (Å²) in [4.78, 5) is 9.38. The molecule has 28 valence electrons. The molecule has 0 aliphatic carbocycles. The molecular weight excluding hydrogens is 180 g/mol. The maximum atomic E-state index is 9.38. The third-order valence-corrected chi connectivity index (χ3v) is 0.604. The van der Waals surface area contributed by atoms with Crippen LogP contribution in [0.1, 0.15) is 0 Å². The molecule has 0 saturated heterocycles. The minimum atomic E-state index is -0.723. The van der Waals surface area contributed by atoms with Gasteiger partial charge in [-0.25, -0.2) is 0 Å². The van der Waals surface area contributed by atoms with Crippen LogP contribution in [0, 0.1) is 0 Å². The zero-order valence-corrected chi connectivity index (χ0v) is 4.89. The number of carbonyl (C=O) groups is 1. The van der Waals surface area contributed by atoms with Gasteiger partial charge in [0.05, 0.1) is 0 Å². The summed E-state index contributed by atoms with van der Waals surface area (Å²) in [5.41, 5.74) is 4.44. The van der Waals surface area contributed by atoms with E-state index in [9.17, 15) is 4.79 Å². The number of amides is 1. The van der Waals surface area contributed by atoms with Crippen molar-refractivity contribution in [1.29, 1.82) is 0 Å². The topological polar surface area (TPSA) is 52.3 Å². The molecule has 0 bridgehead atoms. The van der Waals surface area contributed by atoms with Crippen molar-refractivity contribution >= 4 is 29.5 Å². The van der Waals surface area contributed by atoms with Crippen molar-refractivity contribution in [2.45, 2.75) is 0 Å². The van der Waals surface area contributed by atoms with Gasteiger partial charge in [0.2, 0.25) is 0 Å². The van der Waals surface area contributed by atoms with E-state index < -0.39 is 6.09 Å². The van der Waals surface area contributed by atoms with Gasteiger partial charge in [0.25, 0.3) is 0 Å². The molecule has 2 N–H and O–H groups in total. The van der Waals surface area contributed by atoms with Crippen molar-refractivity contribution in [2.75, 3.05) is 0 Å². The van der Waals surface area contributed by atoms with E-state index in [2.05, 4.69) is 8.75 Å². The third-order valence-electron chi connectivity index (χ3n) is 0.0900. The molecule has 0 rings (SSSR count). The van der Waals surface area contributed by atoms with Crippen molar-refractivity contribution in [3.63, 3.8) is 0 Å². The standard InChI is InChI=1S/CH3NO2.Sb/c2-1(3)4;/h2H2,(H,3,4);/q;+1/p-1. The fourth-order valence-corrected chi connectivity index (χ4v) is 0. The van der Waals surface area contributed by atoms with E-state index in [4.69, 9.17) is 0 Å². The number of nitrogens with two attached hydrogens (primary N) is 1. The van der Waals surface area contributed by atoms with E-state index in [0.717, 1.165) is 23.4 Å². The normalized spacial score (nSPS) is 6.60. The Kier molecular flexibility index (Phi) is 2.37. The van der Waals surface area contributed by atoms with E-state index in [1.165, 1.54) is 0 Å². The van der Waals surface area contributed by atoms with Gasteiger partial charge in [-0.05, 0) is 0 Å². The fourth-order valence-electron chi connectivity index (χ4n) is 0. The minimum absolute atomic E-state index is 0.723. The number of hydrogen-bond acceptors (Lipinski definition) is 2. The Bertz CT molecular complexity index is 44.9. The summed E-state index contributed by atoms with van der Waals surface area (Å²) >= 11 is 0.927. The third kappa shape index (κ3) is 4.09. The molecule has 3 nitrogen and oxygen atoms in total. The number of primary amides is 1. The molecule has 0 aliphatic rings. The Balaban J connectivity index is 2.85. The van der Waals surface area contributed by atoms with Crippen LogP contribution < -0.4 is 5.73 Å². The van der Waals surface area contributed by atoms with Crippen LogP contribution >= 0.6 is 0 Å². The van der Waals surface area contributed by atoms with Gasteiger partial charge in [-0.1, -0.05) is 0 Å². The average molecular weight is 182 g/mol. The first-order valence-corrected chi connectivity index (χ1v) is 1.92. The summed E-state index contributed by atoms with van der Waals surface area (Å²) in [7, 11) is 0. The first-order valence-electron chi connectivity index (χ1n) is 0.879. The molecule has 0 spiro atoms. The molecule has 4 heteroatoms. The molecular formula is CH2NO2Sb. The molecule has 0 aromatic heterocycles. The van der Waals surface area contributed by atoms with E-state index >= 15 is 0 Å². The molecule has 0 atom stereocenters. The second-order valence-corrected chi connectivity index (χ2v) is 0.931. The molecule has 0 saturated carbocycles. The van der Waals surface area contributed by atoms with Crippen LogP contribution in [0.4, 0.5) is 4.79 Å². The summed E-state index contributed by atoms with van der Waals surface area (Å²) in [5.74, 6) is 0. The van der Waals surface area contributed by atoms with Gasteiger partial charge in [-0.3, -0.25) is 0 Å². The molecule has 0 aromatic rings. The monoisotopic (exact) mass is 181 g/mol. The SMILES string of the molecule is NC(=O)[O][Sb]. The average Bonchev–Trinajstić information content (AvgIpc) is 1.38. The quantitative estimate of drug-likeness (QED) is 0.496. The summed E-state index contributed by atoms with van der Waals surface area (Å²) < 4.78 is 3.94. The van der Waals surface area contributed by atoms with Crippen molar-refractivity contribution in [1.82, 2.24) is 0 Å². The van der Waals surface area contributed by atoms with Gasteiger partial charge < -0.3 is 0 Å². The van der Waals surface area contributed by atoms with Gasteiger partial charge in [0, 0.05) is 0 Å². The fraction of sp³-hybridized carbons (Fsp3) is 0. The van der Waals surface area contributed by atoms with Crippen LogP contribution in [0.15, 0.2) is 0 Å². The van der Waals surface area contributed by atoms with E-state index in [0.29, 0.717) is 0 Å². The molecule has 2 radical (unpaired) electrons. The molecule has 0 unspecified atom stereocenters. The molecule has 5 heavy (non-hydrogen) atoms. The van der Waals surface area contributed by atoms with Crippen molar-refractivity contribution in [3.8, 4) is 0 Å². The van der Waals surface area contributed by atoms with Gasteiger partial charge in [-0.15, -0.1) is 0 Å². The number of hydrogen-bond donors (Lipinski definition) is 1. The first kappa shape index (κ1) is 5.09. The van der Waals surface area contributed by atoms with Crippen LogP contribution in [0.25, 0.3) is 0 Å². The molecule has 1 amide bonds. The predicted molar refractivity (Wildman–Crippen MR) is 16.4 cm³/mol. The Morgan fingerprint density at radius 2 is 2.20 bits per heavy atom. The van der Waals surface area contributed by atoms with Crippen LogP contribution in [0.5, 0.6) is 0 Å². The van der Waals surface area contributed by atoms with E-state index in [1.807, 2.05) is 0 Å². The van der Waals surface area contributed by atoms with Gasteiger partial charge in [0.15, 0.2) is 0 Å². The van der Waals surface area contributed by atoms with Crippen LogP contribution in [0.3, 0.4) is 0 Å². The van der Waals surface area contributed by atoms with Crippen molar-refractivity contribution in [2.24, 2.45) is 5.73 Å². The van der Waals surface area contributed by atoms with E-state index in [-0.39, 0.29) is 0 Å². The van der Waals surface area contributed by atoms with Crippen molar-refractivity contribution < 1.29 is 7.81 Å². The summed E-state index contributed by atoms with van der Waals surface area (Å²) in [6.07, 6.45) is -0.723. The van der Waals surface area contributed by atoms with Gasteiger partial charge in [-0.2, -0.15) is 0 Å². The Hall–Kier alpha value is 0.0882. The van der Waals surface area contributed by atoms with E-state index in [1.54, 1.807) is 0 Å². The predicted octanol–water partition coefficient (Wildman–Crippen LogP) is -0.835. The molecule has 0 aromatic carbocycles. The zero-order chi connectivity index (χ0) is 4.28. The summed E-state index contributed by atoms with van der Waals surface area (Å²) in [5, 5.41) is 0. The van der Waals surface area contributed by atoms with Gasteiger partial charge >= 0.3 is 43.1 Å². The second kappa shape index (κ2) is 2.33. The first-order chi connectivity index (χ1) is 2.27. The Morgan fingerprint density at radius 1 is 2.00 bits per heavy atom. The van der Waals surface area contributed by atoms with Crippen molar-refractivity contribution in [3.05, 3.63) is 0 Å². The molecule has 0 fully saturated rings. The Morgan fingerprint density at radius 3 is 2.20 bits per heavy atom. The summed E-state index contributed by atoms with van der Waals surface area (Å²) in [6, 6.07) is 0. The number of carbonyl (C=O) groups excluding carboxylic acids is 1. The Labute approximate surface area is 43.5 Å². The number of rotatable bonds is 0. The second-order valence-electron chi connectivity index (χ2n) is 0.410. The van der Waals surface area contributed by atoms with Crippen LogP contribution in [-0.4, -0.2) is 29.5 Å². The van der Waals surface area contributed by atoms with Gasteiger partial charge in [0.1, 0.15) is 0 Å². The summed E-state index contributed by atoms with van der Waals surface area (Å²) in [6.45, 7) is 0. The van der Waals surface area contributed by atoms with Crippen LogP contribution in [0.2, 0.25) is 0 Å².